The number of allylic oxidation sites excluding steroid dienone is 2. The molecule has 0 spiro atoms. The minimum atomic E-state index is -0.523. The molecule has 2 fully saturated rings. The number of nitrogens with one attached hydrogen (secondary N) is 1. The van der Waals surface area contributed by atoms with E-state index in [9.17, 15) is 24.5 Å². The molecule has 2 bridgehead atoms. The highest BCUT2D eigenvalue weighted by atomic mass is 16.6. The zero-order valence-electron chi connectivity index (χ0n) is 16.6. The van der Waals surface area contributed by atoms with Crippen molar-refractivity contribution in [3.05, 3.63) is 75.9 Å². The Morgan fingerprint density at radius 1 is 1.03 bits per heavy atom. The quantitative estimate of drug-likeness (QED) is 0.355. The van der Waals surface area contributed by atoms with E-state index in [4.69, 9.17) is 0 Å². The number of carbonyl (C=O) groups is 3. The summed E-state index contributed by atoms with van der Waals surface area (Å²) in [5, 5.41) is 13.7. The van der Waals surface area contributed by atoms with Gasteiger partial charge in [-0.15, -0.1) is 0 Å². The number of nitro groups is 1. The maximum atomic E-state index is 12.9. The van der Waals surface area contributed by atoms with Gasteiger partial charge in [0.15, 0.2) is 0 Å². The summed E-state index contributed by atoms with van der Waals surface area (Å²) in [6.07, 6.45) is 4.96. The molecule has 5 rings (SSSR count). The molecule has 156 valence electrons. The third-order valence-electron chi connectivity index (χ3n) is 6.54. The summed E-state index contributed by atoms with van der Waals surface area (Å²) in [6, 6.07) is 10.5. The van der Waals surface area contributed by atoms with Crippen LogP contribution in [0.1, 0.15) is 22.3 Å². The van der Waals surface area contributed by atoms with Gasteiger partial charge < -0.3 is 5.32 Å². The first-order chi connectivity index (χ1) is 14.8. The van der Waals surface area contributed by atoms with Crippen molar-refractivity contribution in [3.63, 3.8) is 0 Å². The molecule has 1 saturated carbocycles. The van der Waals surface area contributed by atoms with Crippen LogP contribution in [0.15, 0.2) is 54.6 Å². The maximum absolute atomic E-state index is 12.9. The molecule has 2 aliphatic carbocycles. The van der Waals surface area contributed by atoms with Gasteiger partial charge in [0.1, 0.15) is 0 Å². The van der Waals surface area contributed by atoms with Gasteiger partial charge in [0.2, 0.25) is 11.8 Å². The average Bonchev–Trinajstić information content (AvgIpc) is 3.43. The first-order valence-electron chi connectivity index (χ1n) is 10.1. The van der Waals surface area contributed by atoms with Crippen molar-refractivity contribution < 1.29 is 19.3 Å². The monoisotopic (exact) mass is 417 g/mol. The summed E-state index contributed by atoms with van der Waals surface area (Å²) < 4.78 is 0. The molecule has 1 N–H and O–H groups in total. The van der Waals surface area contributed by atoms with Gasteiger partial charge in [0.05, 0.1) is 28.1 Å². The van der Waals surface area contributed by atoms with Crippen molar-refractivity contribution in [3.8, 4) is 0 Å². The molecule has 0 aromatic heterocycles. The second kappa shape index (κ2) is 6.87. The molecular formula is C23H19N3O5. The van der Waals surface area contributed by atoms with Crippen molar-refractivity contribution >= 4 is 34.8 Å². The van der Waals surface area contributed by atoms with Gasteiger partial charge in [-0.3, -0.25) is 29.4 Å². The largest absolute Gasteiger partial charge is 0.321 e. The topological polar surface area (TPSA) is 110 Å². The molecule has 8 nitrogen and oxygen atoms in total. The molecule has 8 heteroatoms. The van der Waals surface area contributed by atoms with Crippen molar-refractivity contribution in [2.24, 2.45) is 23.7 Å². The third-order valence-corrected chi connectivity index (χ3v) is 6.54. The lowest BCUT2D eigenvalue weighted by atomic mass is 9.85. The second-order valence-electron chi connectivity index (χ2n) is 8.27. The number of non-ortho nitro benzene ring substituents is 1. The lowest BCUT2D eigenvalue weighted by Crippen LogP contribution is -2.32. The Balaban J connectivity index is 1.35. The number of aryl methyl sites for hydroxylation is 1. The highest BCUT2D eigenvalue weighted by Crippen LogP contribution is 2.53. The SMILES string of the molecule is Cc1ccc([N+](=O)[O-])cc1NC(=O)c1ccc(N2C(=O)[C@H]3[C@H](C2=O)[C@H]2C=C[C@@H]3C2)cc1. The Morgan fingerprint density at radius 3 is 2.23 bits per heavy atom. The molecule has 2 aromatic rings. The summed E-state index contributed by atoms with van der Waals surface area (Å²) >= 11 is 0. The van der Waals surface area contributed by atoms with Crippen molar-refractivity contribution in [1.82, 2.24) is 0 Å². The number of benzene rings is 2. The summed E-state index contributed by atoms with van der Waals surface area (Å²) in [6.45, 7) is 1.74. The summed E-state index contributed by atoms with van der Waals surface area (Å²) in [7, 11) is 0. The molecule has 1 aliphatic heterocycles. The Labute approximate surface area is 177 Å². The number of hydrogen-bond donors (Lipinski definition) is 1. The van der Waals surface area contributed by atoms with E-state index in [1.165, 1.54) is 17.0 Å². The zero-order chi connectivity index (χ0) is 21.9. The van der Waals surface area contributed by atoms with Crippen LogP contribution in [0.25, 0.3) is 0 Å². The molecule has 4 atom stereocenters. The molecule has 0 unspecified atom stereocenters. The number of nitro benzene ring substituents is 1. The average molecular weight is 417 g/mol. The smallest absolute Gasteiger partial charge is 0.271 e. The third kappa shape index (κ3) is 2.94. The van der Waals surface area contributed by atoms with Crippen LogP contribution in [0.4, 0.5) is 17.1 Å². The van der Waals surface area contributed by atoms with Gasteiger partial charge in [-0.2, -0.15) is 0 Å². The number of nitrogens with zero attached hydrogens (tertiary/aromatic N) is 2. The van der Waals surface area contributed by atoms with Crippen molar-refractivity contribution in [1.29, 1.82) is 0 Å². The molecule has 1 saturated heterocycles. The van der Waals surface area contributed by atoms with E-state index in [0.717, 1.165) is 6.42 Å². The van der Waals surface area contributed by atoms with Crippen molar-refractivity contribution in [2.45, 2.75) is 13.3 Å². The number of fused-ring (bicyclic) bond motifs is 5. The first-order valence-corrected chi connectivity index (χ1v) is 10.1. The van der Waals surface area contributed by atoms with E-state index in [2.05, 4.69) is 5.32 Å². The Kier molecular flexibility index (Phi) is 4.25. The highest BCUT2D eigenvalue weighted by molar-refractivity contribution is 6.23. The van der Waals surface area contributed by atoms with E-state index >= 15 is 0 Å². The molecule has 0 radical (unpaired) electrons. The predicted molar refractivity (Wildman–Crippen MR) is 112 cm³/mol. The van der Waals surface area contributed by atoms with Gasteiger partial charge >= 0.3 is 0 Å². The van der Waals surface area contributed by atoms with Gasteiger partial charge in [-0.1, -0.05) is 18.2 Å². The standard InChI is InChI=1S/C23H19N3O5/c1-12-2-7-17(26(30)31)11-18(12)24-21(27)13-5-8-16(9-6-13)25-22(28)19-14-3-4-15(10-14)20(19)23(25)29/h2-9,11,14-15,19-20H,10H2,1H3,(H,24,27)/t14-,15+,19-,20-/m1/s1. The lowest BCUT2D eigenvalue weighted by Gasteiger charge is -2.17. The van der Waals surface area contributed by atoms with Crippen LogP contribution in [-0.4, -0.2) is 22.6 Å². The molecule has 1 heterocycles. The number of carbonyl (C=O) groups excluding carboxylic acids is 3. The van der Waals surface area contributed by atoms with E-state index in [1.807, 2.05) is 12.2 Å². The Hall–Kier alpha value is -3.81. The van der Waals surface area contributed by atoms with Crippen LogP contribution in [0.5, 0.6) is 0 Å². The molecule has 31 heavy (non-hydrogen) atoms. The minimum absolute atomic E-state index is 0.115. The van der Waals surface area contributed by atoms with Crippen molar-refractivity contribution in [2.75, 3.05) is 10.2 Å². The fourth-order valence-electron chi connectivity index (χ4n) is 4.97. The number of rotatable bonds is 4. The first kappa shape index (κ1) is 19.2. The fraction of sp³-hybridized carbons (Fsp3) is 0.261. The van der Waals surface area contributed by atoms with Gasteiger partial charge in [-0.05, 0) is 55.0 Å². The molecular weight excluding hydrogens is 398 g/mol. The number of hydrogen-bond acceptors (Lipinski definition) is 5. The Morgan fingerprint density at radius 2 is 1.65 bits per heavy atom. The van der Waals surface area contributed by atoms with Crippen LogP contribution in [-0.2, 0) is 9.59 Å². The number of anilines is 2. The van der Waals surface area contributed by atoms with Gasteiger partial charge in [0.25, 0.3) is 11.6 Å². The predicted octanol–water partition coefficient (Wildman–Crippen LogP) is 3.47. The minimum Gasteiger partial charge on any atom is -0.321 e. The molecule has 3 aliphatic rings. The maximum Gasteiger partial charge on any atom is 0.271 e. The molecule has 3 amide bonds. The number of imide groups is 1. The fourth-order valence-corrected chi connectivity index (χ4v) is 4.97. The van der Waals surface area contributed by atoms with Gasteiger partial charge in [0, 0.05) is 17.7 Å². The van der Waals surface area contributed by atoms with E-state index in [1.54, 1.807) is 37.3 Å². The number of amides is 3. The van der Waals surface area contributed by atoms with Crippen LogP contribution in [0.3, 0.4) is 0 Å². The summed E-state index contributed by atoms with van der Waals surface area (Å²) in [5.41, 5.74) is 1.70. The normalized spacial score (nSPS) is 25.8. The second-order valence-corrected chi connectivity index (χ2v) is 8.27. The van der Waals surface area contributed by atoms with Crippen LogP contribution >= 0.6 is 0 Å². The summed E-state index contributed by atoms with van der Waals surface area (Å²) in [4.78, 5) is 50.1. The van der Waals surface area contributed by atoms with Gasteiger partial charge in [-0.25, -0.2) is 0 Å². The van der Waals surface area contributed by atoms with E-state index < -0.39 is 10.8 Å². The summed E-state index contributed by atoms with van der Waals surface area (Å²) in [5.74, 6) is -1.05. The lowest BCUT2D eigenvalue weighted by molar-refractivity contribution is -0.384. The molecule has 2 aromatic carbocycles. The highest BCUT2D eigenvalue weighted by Gasteiger charge is 2.59. The zero-order valence-corrected chi connectivity index (χ0v) is 16.6. The van der Waals surface area contributed by atoms with E-state index in [0.29, 0.717) is 22.5 Å². The van der Waals surface area contributed by atoms with Crippen LogP contribution in [0.2, 0.25) is 0 Å². The van der Waals surface area contributed by atoms with Crippen LogP contribution in [0, 0.1) is 40.7 Å². The van der Waals surface area contributed by atoms with Crippen LogP contribution < -0.4 is 10.2 Å². The Bertz CT molecular complexity index is 1140. The van der Waals surface area contributed by atoms with E-state index in [-0.39, 0.29) is 41.2 Å².